The Morgan fingerprint density at radius 3 is 2.19 bits per heavy atom. The summed E-state index contributed by atoms with van der Waals surface area (Å²) in [6.45, 7) is 11.6. The molecule has 0 spiro atoms. The fourth-order valence-corrected chi connectivity index (χ4v) is 6.30. The Morgan fingerprint density at radius 1 is 0.827 bits per heavy atom. The van der Waals surface area contributed by atoms with Crippen LogP contribution in [-0.2, 0) is 6.54 Å². The Bertz CT molecular complexity index is 1810. The van der Waals surface area contributed by atoms with Crippen molar-refractivity contribution >= 4 is 23.5 Å². The number of hydrogen-bond acceptors (Lipinski definition) is 12. The number of carbonyl (C=O) groups is 1. The lowest BCUT2D eigenvalue weighted by molar-refractivity contribution is 0.145. The van der Waals surface area contributed by atoms with E-state index in [9.17, 15) is 4.79 Å². The first kappa shape index (κ1) is 38.0. The molecule has 278 valence electrons. The summed E-state index contributed by atoms with van der Waals surface area (Å²) < 4.78 is 34.8. The highest BCUT2D eigenvalue weighted by molar-refractivity contribution is 5.88. The minimum atomic E-state index is -0.622. The van der Waals surface area contributed by atoms with Crippen LogP contribution in [0.5, 0.6) is 34.5 Å². The van der Waals surface area contributed by atoms with E-state index in [0.717, 1.165) is 55.8 Å². The number of benzene rings is 3. The summed E-state index contributed by atoms with van der Waals surface area (Å²) in [6, 6.07) is 14.7. The quantitative estimate of drug-likeness (QED) is 0.137. The van der Waals surface area contributed by atoms with Crippen LogP contribution in [0.4, 0.5) is 22.2 Å². The van der Waals surface area contributed by atoms with E-state index in [1.807, 2.05) is 51.1 Å². The number of methoxy groups -OCH3 is 4. The molecule has 1 fully saturated rings. The number of para-hydroxylation sites is 1. The Hall–Kier alpha value is -5.27. The van der Waals surface area contributed by atoms with Gasteiger partial charge in [-0.05, 0) is 57.5 Å². The van der Waals surface area contributed by atoms with Crippen molar-refractivity contribution < 1.29 is 33.2 Å². The molecule has 5 rings (SSSR count). The molecule has 1 aliphatic rings. The van der Waals surface area contributed by atoms with Gasteiger partial charge in [-0.3, -0.25) is 4.90 Å². The third kappa shape index (κ3) is 9.33. The highest BCUT2D eigenvalue weighted by atomic mass is 16.6. The standard InChI is InChI=1S/C39H50N6O7/c1-26-21-27(2)35(28(3)22-26)52-39(46)45(25-29-11-9-12-31(47-5)36(29)49-7)34-13-14-40-38(42-34)41-30-23-32(48-6)37(50-8)33(24-30)51-20-10-15-44-18-16-43(4)17-19-44/h9,11-14,21-24H,10,15-20,25H2,1-8H3,(H,40,41,42). The molecule has 0 radical (unpaired) electrons. The van der Waals surface area contributed by atoms with Crippen LogP contribution in [0.25, 0.3) is 0 Å². The Labute approximate surface area is 306 Å². The summed E-state index contributed by atoms with van der Waals surface area (Å²) in [6.07, 6.45) is 1.82. The van der Waals surface area contributed by atoms with Crippen molar-refractivity contribution in [3.05, 3.63) is 77.0 Å². The van der Waals surface area contributed by atoms with E-state index in [0.29, 0.717) is 58.2 Å². The number of rotatable bonds is 15. The zero-order valence-electron chi connectivity index (χ0n) is 31.4. The van der Waals surface area contributed by atoms with Crippen molar-refractivity contribution in [3.63, 3.8) is 0 Å². The number of amides is 1. The topological polar surface area (TPSA) is 120 Å². The molecule has 0 saturated carbocycles. The summed E-state index contributed by atoms with van der Waals surface area (Å²) in [5.74, 6) is 3.57. The van der Waals surface area contributed by atoms with Crippen molar-refractivity contribution in [1.29, 1.82) is 0 Å². The van der Waals surface area contributed by atoms with Gasteiger partial charge in [-0.1, -0.05) is 29.8 Å². The largest absolute Gasteiger partial charge is 0.493 e. The number of nitrogens with one attached hydrogen (secondary N) is 1. The maximum atomic E-state index is 14.1. The van der Waals surface area contributed by atoms with E-state index in [2.05, 4.69) is 27.1 Å². The maximum Gasteiger partial charge on any atom is 0.421 e. The van der Waals surface area contributed by atoms with E-state index < -0.39 is 6.09 Å². The van der Waals surface area contributed by atoms with Gasteiger partial charge >= 0.3 is 6.09 Å². The second-order valence-electron chi connectivity index (χ2n) is 12.8. The lowest BCUT2D eigenvalue weighted by atomic mass is 10.1. The van der Waals surface area contributed by atoms with Crippen LogP contribution in [0.3, 0.4) is 0 Å². The van der Waals surface area contributed by atoms with Gasteiger partial charge in [0, 0.05) is 62.3 Å². The van der Waals surface area contributed by atoms with Crippen molar-refractivity contribution in [3.8, 4) is 34.5 Å². The summed E-state index contributed by atoms with van der Waals surface area (Å²) >= 11 is 0. The number of hydrogen-bond donors (Lipinski definition) is 1. The molecule has 52 heavy (non-hydrogen) atoms. The number of likely N-dealkylation sites (N-methyl/N-ethyl adjacent to an activating group) is 1. The molecule has 1 aliphatic heterocycles. The van der Waals surface area contributed by atoms with Gasteiger partial charge in [0.25, 0.3) is 0 Å². The van der Waals surface area contributed by atoms with E-state index in [-0.39, 0.29) is 12.5 Å². The number of aryl methyl sites for hydroxylation is 3. The predicted octanol–water partition coefficient (Wildman–Crippen LogP) is 6.40. The lowest BCUT2D eigenvalue weighted by Gasteiger charge is -2.32. The molecule has 0 unspecified atom stereocenters. The minimum Gasteiger partial charge on any atom is -0.493 e. The normalized spacial score (nSPS) is 13.3. The molecule has 1 amide bonds. The Balaban J connectivity index is 1.41. The van der Waals surface area contributed by atoms with Gasteiger partial charge in [0.15, 0.2) is 23.0 Å². The predicted molar refractivity (Wildman–Crippen MR) is 201 cm³/mol. The molecule has 3 aromatic carbocycles. The Kier molecular flexibility index (Phi) is 13.0. The highest BCUT2D eigenvalue weighted by Crippen LogP contribution is 2.41. The van der Waals surface area contributed by atoms with Gasteiger partial charge in [0.1, 0.15) is 11.6 Å². The first-order valence-corrected chi connectivity index (χ1v) is 17.3. The average Bonchev–Trinajstić information content (AvgIpc) is 3.14. The van der Waals surface area contributed by atoms with Crippen molar-refractivity contribution in [2.45, 2.75) is 33.7 Å². The summed E-state index contributed by atoms with van der Waals surface area (Å²) in [4.78, 5) is 29.5. The van der Waals surface area contributed by atoms with Crippen LogP contribution in [-0.4, -0.2) is 101 Å². The maximum absolute atomic E-state index is 14.1. The van der Waals surface area contributed by atoms with Crippen molar-refractivity contribution in [2.24, 2.45) is 0 Å². The van der Waals surface area contributed by atoms with Crippen molar-refractivity contribution in [1.82, 2.24) is 19.8 Å². The van der Waals surface area contributed by atoms with Gasteiger partial charge in [-0.15, -0.1) is 0 Å². The van der Waals surface area contributed by atoms with Gasteiger partial charge in [0.05, 0.1) is 41.6 Å². The van der Waals surface area contributed by atoms with Crippen LogP contribution in [0.2, 0.25) is 0 Å². The molecular weight excluding hydrogens is 664 g/mol. The molecule has 1 saturated heterocycles. The van der Waals surface area contributed by atoms with Gasteiger partial charge in [0.2, 0.25) is 11.7 Å². The van der Waals surface area contributed by atoms with Crippen LogP contribution >= 0.6 is 0 Å². The van der Waals surface area contributed by atoms with Gasteiger partial charge < -0.3 is 43.5 Å². The monoisotopic (exact) mass is 714 g/mol. The fourth-order valence-electron chi connectivity index (χ4n) is 6.30. The van der Waals surface area contributed by atoms with Gasteiger partial charge in [-0.2, -0.15) is 4.98 Å². The third-order valence-corrected chi connectivity index (χ3v) is 8.92. The first-order valence-electron chi connectivity index (χ1n) is 17.3. The van der Waals surface area contributed by atoms with Crippen LogP contribution < -0.4 is 38.6 Å². The minimum absolute atomic E-state index is 0.0715. The Morgan fingerprint density at radius 2 is 1.52 bits per heavy atom. The number of piperazine rings is 1. The number of ether oxygens (including phenoxy) is 6. The SMILES string of the molecule is COc1cccc(CN(C(=O)Oc2c(C)cc(C)cc2C)c2ccnc(Nc3cc(OC)c(OC)c(OCCCN4CCN(C)CC4)c3)n2)c1OC. The number of carbonyl (C=O) groups excluding carboxylic acids is 1. The van der Waals surface area contributed by atoms with Crippen LogP contribution in [0, 0.1) is 20.8 Å². The fraction of sp³-hybridized carbons (Fsp3) is 0.410. The zero-order chi connectivity index (χ0) is 37.2. The molecule has 0 aliphatic carbocycles. The summed E-state index contributed by atoms with van der Waals surface area (Å²) in [5, 5.41) is 3.26. The number of anilines is 3. The molecule has 13 nitrogen and oxygen atoms in total. The molecule has 13 heteroatoms. The van der Waals surface area contributed by atoms with Crippen molar-refractivity contribution in [2.75, 3.05) is 85.0 Å². The third-order valence-electron chi connectivity index (χ3n) is 8.92. The first-order chi connectivity index (χ1) is 25.1. The zero-order valence-corrected chi connectivity index (χ0v) is 31.4. The number of nitrogens with zero attached hydrogens (tertiary/aromatic N) is 5. The van der Waals surface area contributed by atoms with Gasteiger partial charge in [-0.25, -0.2) is 9.78 Å². The molecule has 4 aromatic rings. The summed E-state index contributed by atoms with van der Waals surface area (Å²) in [7, 11) is 8.44. The van der Waals surface area contributed by atoms with Crippen LogP contribution in [0.1, 0.15) is 28.7 Å². The molecule has 2 heterocycles. The molecule has 0 atom stereocenters. The van der Waals surface area contributed by atoms with Crippen LogP contribution in [0.15, 0.2) is 54.7 Å². The number of aromatic nitrogens is 2. The van der Waals surface area contributed by atoms with E-state index in [4.69, 9.17) is 33.4 Å². The van der Waals surface area contributed by atoms with E-state index in [1.54, 1.807) is 52.8 Å². The van der Waals surface area contributed by atoms with E-state index >= 15 is 0 Å². The summed E-state index contributed by atoms with van der Waals surface area (Å²) in [5.41, 5.74) is 4.08. The second-order valence-corrected chi connectivity index (χ2v) is 12.8. The molecular formula is C39H50N6O7. The molecule has 1 aromatic heterocycles. The molecule has 1 N–H and O–H groups in total. The highest BCUT2D eigenvalue weighted by Gasteiger charge is 2.25. The molecule has 0 bridgehead atoms. The second kappa shape index (κ2) is 17.8. The smallest absolute Gasteiger partial charge is 0.421 e. The lowest BCUT2D eigenvalue weighted by Crippen LogP contribution is -2.44. The average molecular weight is 715 g/mol. The van der Waals surface area contributed by atoms with E-state index in [1.165, 1.54) is 4.90 Å².